The molecule has 0 atom stereocenters. The Kier molecular flexibility index (Phi) is 4.06. The summed E-state index contributed by atoms with van der Waals surface area (Å²) in [5.41, 5.74) is 2.49. The van der Waals surface area contributed by atoms with E-state index in [9.17, 15) is 4.79 Å². The van der Waals surface area contributed by atoms with Crippen LogP contribution in [0, 0.1) is 0 Å². The average molecular weight is 334 g/mol. The molecule has 1 saturated heterocycles. The van der Waals surface area contributed by atoms with E-state index < -0.39 is 5.72 Å². The first-order valence-electron chi connectivity index (χ1n) is 8.72. The standard InChI is InChI=1S/C21H22N2O2/c1-2-16-7-9-17(10-8-16)15-23-13-11-21(12-14-23)22-20(24)18-5-3-4-6-19(18)25-21/h2-10H,1,11-15H2,(H,22,24). The van der Waals surface area contributed by atoms with Crippen molar-refractivity contribution >= 4 is 12.0 Å². The molecule has 1 spiro atoms. The molecule has 0 aromatic heterocycles. The highest BCUT2D eigenvalue weighted by Crippen LogP contribution is 2.33. The van der Waals surface area contributed by atoms with E-state index >= 15 is 0 Å². The van der Waals surface area contributed by atoms with Crippen LogP contribution in [0.1, 0.15) is 34.3 Å². The van der Waals surface area contributed by atoms with Gasteiger partial charge in [0.05, 0.1) is 5.56 Å². The summed E-state index contributed by atoms with van der Waals surface area (Å²) < 4.78 is 6.19. The van der Waals surface area contributed by atoms with Gasteiger partial charge in [-0.25, -0.2) is 0 Å². The van der Waals surface area contributed by atoms with Crippen LogP contribution < -0.4 is 10.1 Å². The Bertz CT molecular complexity index is 790. The van der Waals surface area contributed by atoms with Gasteiger partial charge in [-0.2, -0.15) is 0 Å². The van der Waals surface area contributed by atoms with Crippen molar-refractivity contribution in [2.45, 2.75) is 25.1 Å². The van der Waals surface area contributed by atoms with E-state index in [0.717, 1.165) is 38.0 Å². The lowest BCUT2D eigenvalue weighted by Gasteiger charge is -2.44. The minimum Gasteiger partial charge on any atom is -0.467 e. The number of nitrogens with zero attached hydrogens (tertiary/aromatic N) is 1. The molecule has 2 aliphatic rings. The number of nitrogens with one attached hydrogen (secondary N) is 1. The molecule has 128 valence electrons. The van der Waals surface area contributed by atoms with Crippen molar-refractivity contribution in [3.63, 3.8) is 0 Å². The lowest BCUT2D eigenvalue weighted by atomic mass is 9.96. The number of hydrogen-bond donors (Lipinski definition) is 1. The lowest BCUT2D eigenvalue weighted by molar-refractivity contribution is -0.0304. The molecule has 0 aliphatic carbocycles. The summed E-state index contributed by atoms with van der Waals surface area (Å²) in [6, 6.07) is 15.9. The molecule has 0 radical (unpaired) electrons. The van der Waals surface area contributed by atoms with Crippen LogP contribution in [0.4, 0.5) is 0 Å². The highest BCUT2D eigenvalue weighted by atomic mass is 16.5. The fourth-order valence-electron chi connectivity index (χ4n) is 3.57. The summed E-state index contributed by atoms with van der Waals surface area (Å²) in [4.78, 5) is 14.8. The Balaban J connectivity index is 1.41. The maximum Gasteiger partial charge on any atom is 0.258 e. The zero-order valence-electron chi connectivity index (χ0n) is 14.2. The van der Waals surface area contributed by atoms with Gasteiger partial charge in [0.1, 0.15) is 5.75 Å². The van der Waals surface area contributed by atoms with Crippen molar-refractivity contribution in [1.82, 2.24) is 10.2 Å². The fourth-order valence-corrected chi connectivity index (χ4v) is 3.57. The predicted molar refractivity (Wildman–Crippen MR) is 98.3 cm³/mol. The summed E-state index contributed by atoms with van der Waals surface area (Å²) >= 11 is 0. The van der Waals surface area contributed by atoms with E-state index in [4.69, 9.17) is 4.74 Å². The van der Waals surface area contributed by atoms with Gasteiger partial charge in [-0.3, -0.25) is 9.69 Å². The Hall–Kier alpha value is -2.59. The number of hydrogen-bond acceptors (Lipinski definition) is 3. The van der Waals surface area contributed by atoms with E-state index in [0.29, 0.717) is 11.3 Å². The van der Waals surface area contributed by atoms with E-state index in [1.54, 1.807) is 6.07 Å². The number of ether oxygens (including phenoxy) is 1. The number of benzene rings is 2. The van der Waals surface area contributed by atoms with Gasteiger partial charge in [0, 0.05) is 32.5 Å². The maximum absolute atomic E-state index is 12.4. The number of fused-ring (bicyclic) bond motifs is 1. The van der Waals surface area contributed by atoms with Crippen molar-refractivity contribution in [3.8, 4) is 5.75 Å². The SMILES string of the molecule is C=Cc1ccc(CN2CCC3(CC2)NC(=O)c2ccccc2O3)cc1. The van der Waals surface area contributed by atoms with Crippen molar-refractivity contribution in [2.24, 2.45) is 0 Å². The third-order valence-electron chi connectivity index (χ3n) is 5.06. The van der Waals surface area contributed by atoms with Gasteiger partial charge < -0.3 is 10.1 Å². The molecule has 2 heterocycles. The van der Waals surface area contributed by atoms with Crippen molar-refractivity contribution < 1.29 is 9.53 Å². The number of para-hydroxylation sites is 1. The van der Waals surface area contributed by atoms with Crippen LogP contribution in [0.5, 0.6) is 5.75 Å². The van der Waals surface area contributed by atoms with Gasteiger partial charge in [-0.15, -0.1) is 0 Å². The third-order valence-corrected chi connectivity index (χ3v) is 5.06. The van der Waals surface area contributed by atoms with E-state index in [-0.39, 0.29) is 5.91 Å². The molecule has 0 bridgehead atoms. The third kappa shape index (κ3) is 3.17. The summed E-state index contributed by atoms with van der Waals surface area (Å²) in [7, 11) is 0. The molecule has 4 heteroatoms. The quantitative estimate of drug-likeness (QED) is 0.935. The van der Waals surface area contributed by atoms with E-state index in [2.05, 4.69) is 41.1 Å². The highest BCUT2D eigenvalue weighted by molar-refractivity contribution is 5.98. The first-order chi connectivity index (χ1) is 12.2. The Morgan fingerprint density at radius 1 is 1.12 bits per heavy atom. The molecule has 0 saturated carbocycles. The zero-order valence-corrected chi connectivity index (χ0v) is 14.2. The number of rotatable bonds is 3. The van der Waals surface area contributed by atoms with Gasteiger partial charge in [0.25, 0.3) is 5.91 Å². The molecule has 1 fully saturated rings. The maximum atomic E-state index is 12.4. The molecule has 4 rings (SSSR count). The minimum absolute atomic E-state index is 0.0321. The van der Waals surface area contributed by atoms with E-state index in [1.165, 1.54) is 5.56 Å². The summed E-state index contributed by atoms with van der Waals surface area (Å²) in [6.45, 7) is 6.49. The summed E-state index contributed by atoms with van der Waals surface area (Å²) in [5.74, 6) is 0.662. The molecule has 1 amide bonds. The minimum atomic E-state index is -0.561. The second-order valence-corrected chi connectivity index (χ2v) is 6.77. The Morgan fingerprint density at radius 3 is 2.56 bits per heavy atom. The number of carbonyl (C=O) groups is 1. The van der Waals surface area contributed by atoms with Gasteiger partial charge in [0.15, 0.2) is 5.72 Å². The van der Waals surface area contributed by atoms with Crippen LogP contribution in [0.25, 0.3) is 6.08 Å². The number of piperidine rings is 1. The zero-order chi connectivity index (χ0) is 17.3. The van der Waals surface area contributed by atoms with Crippen molar-refractivity contribution in [1.29, 1.82) is 0 Å². The first-order valence-corrected chi connectivity index (χ1v) is 8.72. The summed E-state index contributed by atoms with van der Waals surface area (Å²) in [6.07, 6.45) is 3.44. The number of amides is 1. The molecular weight excluding hydrogens is 312 g/mol. The van der Waals surface area contributed by atoms with Crippen LogP contribution in [-0.4, -0.2) is 29.6 Å². The molecule has 25 heavy (non-hydrogen) atoms. The monoisotopic (exact) mass is 334 g/mol. The second kappa shape index (κ2) is 6.37. The molecule has 2 aromatic rings. The molecule has 1 N–H and O–H groups in total. The summed E-state index contributed by atoms with van der Waals surface area (Å²) in [5, 5.41) is 3.09. The average Bonchev–Trinajstić information content (AvgIpc) is 2.64. The van der Waals surface area contributed by atoms with Gasteiger partial charge >= 0.3 is 0 Å². The largest absolute Gasteiger partial charge is 0.467 e. The lowest BCUT2D eigenvalue weighted by Crippen LogP contribution is -2.60. The molecule has 2 aliphatic heterocycles. The Labute approximate surface area is 148 Å². The Morgan fingerprint density at radius 2 is 1.84 bits per heavy atom. The smallest absolute Gasteiger partial charge is 0.258 e. The molecule has 0 unspecified atom stereocenters. The van der Waals surface area contributed by atoms with Gasteiger partial charge in [0.2, 0.25) is 0 Å². The number of likely N-dealkylation sites (tertiary alicyclic amines) is 1. The van der Waals surface area contributed by atoms with Gasteiger partial charge in [-0.05, 0) is 23.3 Å². The second-order valence-electron chi connectivity index (χ2n) is 6.77. The first kappa shape index (κ1) is 15.9. The predicted octanol–water partition coefficient (Wildman–Crippen LogP) is 3.44. The highest BCUT2D eigenvalue weighted by Gasteiger charge is 2.42. The van der Waals surface area contributed by atoms with Crippen molar-refractivity contribution in [2.75, 3.05) is 13.1 Å². The fraction of sp³-hybridized carbons (Fsp3) is 0.286. The number of carbonyl (C=O) groups excluding carboxylic acids is 1. The van der Waals surface area contributed by atoms with Crippen LogP contribution in [-0.2, 0) is 6.54 Å². The topological polar surface area (TPSA) is 41.6 Å². The molecular formula is C21H22N2O2. The van der Waals surface area contributed by atoms with Gasteiger partial charge in [-0.1, -0.05) is 49.1 Å². The van der Waals surface area contributed by atoms with E-state index in [1.807, 2.05) is 24.3 Å². The van der Waals surface area contributed by atoms with Crippen LogP contribution in [0.2, 0.25) is 0 Å². The van der Waals surface area contributed by atoms with Crippen LogP contribution >= 0.6 is 0 Å². The normalized spacial score (nSPS) is 19.0. The van der Waals surface area contributed by atoms with Crippen LogP contribution in [0.15, 0.2) is 55.1 Å². The molecule has 2 aromatic carbocycles. The van der Waals surface area contributed by atoms with Crippen molar-refractivity contribution in [3.05, 3.63) is 71.8 Å². The molecule has 4 nitrogen and oxygen atoms in total. The van der Waals surface area contributed by atoms with Crippen LogP contribution in [0.3, 0.4) is 0 Å².